The number of rotatable bonds is 9. The summed E-state index contributed by atoms with van der Waals surface area (Å²) < 4.78 is 14.8. The lowest BCUT2D eigenvalue weighted by Crippen LogP contribution is -2.30. The normalized spacial score (nSPS) is 20.0. The molecule has 0 aromatic carbocycles. The zero-order chi connectivity index (χ0) is 29.0. The largest absolute Gasteiger partial charge is 0.364 e. The van der Waals surface area contributed by atoms with Crippen molar-refractivity contribution in [1.29, 1.82) is 0 Å². The van der Waals surface area contributed by atoms with E-state index in [9.17, 15) is 18.8 Å². The average molecular weight is 571 g/mol. The second-order valence-electron chi connectivity index (χ2n) is 10.8. The van der Waals surface area contributed by atoms with Gasteiger partial charge < -0.3 is 15.0 Å². The van der Waals surface area contributed by atoms with Crippen LogP contribution in [0.2, 0.25) is 0 Å². The van der Waals surface area contributed by atoms with Gasteiger partial charge in [-0.15, -0.1) is 0 Å². The molecule has 4 aromatic rings. The van der Waals surface area contributed by atoms with Crippen LogP contribution in [0.25, 0.3) is 5.65 Å². The number of hydrogen-bond donors (Lipinski definition) is 2. The predicted octanol–water partition coefficient (Wildman–Crippen LogP) is 3.01. The molecule has 13 nitrogen and oxygen atoms in total. The van der Waals surface area contributed by atoms with Crippen molar-refractivity contribution < 1.29 is 18.8 Å². The maximum Gasteiger partial charge on any atom is 0.331 e. The SMILES string of the molecule is CN1C(=O)CN(c2cc(C3CC3)cn3cc(CNc4cc(NC(=O)C5CC5c5nccc(CF)n5)ncn4)nc23)C1=O. The molecule has 4 amide bonds. The maximum atomic E-state index is 12.9. The number of imidazole rings is 1. The third-order valence-corrected chi connectivity index (χ3v) is 7.82. The molecule has 0 spiro atoms. The van der Waals surface area contributed by atoms with E-state index in [1.54, 1.807) is 6.07 Å². The Morgan fingerprint density at radius 2 is 1.90 bits per heavy atom. The van der Waals surface area contributed by atoms with E-state index in [0.29, 0.717) is 59.1 Å². The van der Waals surface area contributed by atoms with E-state index in [2.05, 4.69) is 30.6 Å². The van der Waals surface area contributed by atoms with E-state index in [1.165, 1.54) is 30.5 Å². The molecule has 3 fully saturated rings. The second kappa shape index (κ2) is 10.1. The first-order chi connectivity index (χ1) is 20.4. The number of carbonyl (C=O) groups excluding carboxylic acids is 3. The lowest BCUT2D eigenvalue weighted by Gasteiger charge is -2.17. The number of aromatic nitrogens is 6. The highest BCUT2D eigenvalue weighted by atomic mass is 19.1. The molecule has 1 aliphatic heterocycles. The van der Waals surface area contributed by atoms with Gasteiger partial charge in [0, 0.05) is 43.5 Å². The van der Waals surface area contributed by atoms with Crippen LogP contribution in [-0.4, -0.2) is 65.7 Å². The minimum Gasteiger partial charge on any atom is -0.364 e. The first kappa shape index (κ1) is 25.9. The van der Waals surface area contributed by atoms with Gasteiger partial charge in [-0.1, -0.05) is 0 Å². The molecule has 214 valence electrons. The number of pyridine rings is 1. The molecule has 0 bridgehead atoms. The molecule has 42 heavy (non-hydrogen) atoms. The summed E-state index contributed by atoms with van der Waals surface area (Å²) in [6, 6.07) is 4.75. The number of nitrogens with zero attached hydrogens (tertiary/aromatic N) is 8. The fourth-order valence-corrected chi connectivity index (χ4v) is 5.22. The summed E-state index contributed by atoms with van der Waals surface area (Å²) >= 11 is 0. The van der Waals surface area contributed by atoms with E-state index in [0.717, 1.165) is 23.3 Å². The number of imide groups is 1. The number of carbonyl (C=O) groups is 3. The Morgan fingerprint density at radius 1 is 1.07 bits per heavy atom. The maximum absolute atomic E-state index is 12.9. The Labute approximate surface area is 239 Å². The smallest absolute Gasteiger partial charge is 0.331 e. The highest BCUT2D eigenvalue weighted by molar-refractivity contribution is 6.13. The molecule has 2 atom stereocenters. The second-order valence-corrected chi connectivity index (χ2v) is 10.8. The summed E-state index contributed by atoms with van der Waals surface area (Å²) in [6.07, 6.45) is 9.55. The van der Waals surface area contributed by atoms with Gasteiger partial charge in [0.15, 0.2) is 5.65 Å². The van der Waals surface area contributed by atoms with Gasteiger partial charge in [-0.25, -0.2) is 34.1 Å². The minimum atomic E-state index is -0.676. The Kier molecular flexibility index (Phi) is 6.25. The molecule has 2 unspecified atom stereocenters. The zero-order valence-electron chi connectivity index (χ0n) is 22.7. The van der Waals surface area contributed by atoms with Crippen LogP contribution in [0.4, 0.5) is 26.5 Å². The fourth-order valence-electron chi connectivity index (χ4n) is 5.22. The Morgan fingerprint density at radius 3 is 2.67 bits per heavy atom. The molecule has 2 saturated carbocycles. The van der Waals surface area contributed by atoms with Gasteiger partial charge in [-0.05, 0) is 42.9 Å². The Balaban J connectivity index is 1.04. The quantitative estimate of drug-likeness (QED) is 0.289. The van der Waals surface area contributed by atoms with Crippen LogP contribution in [0.15, 0.2) is 43.1 Å². The highest BCUT2D eigenvalue weighted by Gasteiger charge is 2.46. The molecule has 2 aliphatic carbocycles. The molecule has 14 heteroatoms. The van der Waals surface area contributed by atoms with E-state index < -0.39 is 6.67 Å². The zero-order valence-corrected chi connectivity index (χ0v) is 22.7. The molecule has 7 rings (SSSR count). The lowest BCUT2D eigenvalue weighted by molar-refractivity contribution is -0.124. The van der Waals surface area contributed by atoms with Crippen molar-refractivity contribution in [3.05, 3.63) is 65.9 Å². The van der Waals surface area contributed by atoms with Gasteiger partial charge >= 0.3 is 6.03 Å². The molecule has 0 radical (unpaired) electrons. The van der Waals surface area contributed by atoms with Gasteiger partial charge in [-0.3, -0.25) is 19.4 Å². The molecular formula is C28H27FN10O3. The number of fused-ring (bicyclic) bond motifs is 1. The van der Waals surface area contributed by atoms with Crippen molar-refractivity contribution in [3.63, 3.8) is 0 Å². The van der Waals surface area contributed by atoms with Crippen molar-refractivity contribution in [2.75, 3.05) is 29.1 Å². The summed E-state index contributed by atoms with van der Waals surface area (Å²) in [6.45, 7) is -0.373. The van der Waals surface area contributed by atoms with Gasteiger partial charge in [0.05, 0.1) is 23.6 Å². The monoisotopic (exact) mass is 570 g/mol. The van der Waals surface area contributed by atoms with Crippen LogP contribution >= 0.6 is 0 Å². The lowest BCUT2D eigenvalue weighted by atomic mass is 10.1. The van der Waals surface area contributed by atoms with Crippen LogP contribution in [-0.2, 0) is 22.8 Å². The molecule has 1 saturated heterocycles. The summed E-state index contributed by atoms with van der Waals surface area (Å²) in [4.78, 5) is 61.9. The van der Waals surface area contributed by atoms with E-state index in [1.807, 2.05) is 22.9 Å². The summed E-state index contributed by atoms with van der Waals surface area (Å²) in [5.74, 6) is 0.825. The Bertz CT molecular complexity index is 1740. The van der Waals surface area contributed by atoms with Crippen molar-refractivity contribution in [2.45, 2.75) is 44.3 Å². The number of urea groups is 1. The van der Waals surface area contributed by atoms with Gasteiger partial charge in [-0.2, -0.15) is 0 Å². The van der Waals surface area contributed by atoms with Gasteiger partial charge in [0.2, 0.25) is 11.8 Å². The summed E-state index contributed by atoms with van der Waals surface area (Å²) in [5.41, 5.74) is 3.31. The van der Waals surface area contributed by atoms with E-state index >= 15 is 0 Å². The van der Waals surface area contributed by atoms with E-state index in [-0.39, 0.29) is 36.2 Å². The number of hydrogen-bond acceptors (Lipinski definition) is 9. The first-order valence-corrected chi connectivity index (χ1v) is 13.7. The van der Waals surface area contributed by atoms with Crippen LogP contribution in [0.1, 0.15) is 53.9 Å². The molecular weight excluding hydrogens is 543 g/mol. The van der Waals surface area contributed by atoms with Crippen molar-refractivity contribution in [2.24, 2.45) is 5.92 Å². The topological polar surface area (TPSA) is 151 Å². The summed E-state index contributed by atoms with van der Waals surface area (Å²) in [5, 5.41) is 6.03. The molecule has 3 aliphatic rings. The van der Waals surface area contributed by atoms with Crippen LogP contribution in [0.3, 0.4) is 0 Å². The summed E-state index contributed by atoms with van der Waals surface area (Å²) in [7, 11) is 1.48. The Hall–Kier alpha value is -5.01. The predicted molar refractivity (Wildman–Crippen MR) is 148 cm³/mol. The number of nitrogens with one attached hydrogen (secondary N) is 2. The minimum absolute atomic E-state index is 0.0202. The molecule has 5 heterocycles. The van der Waals surface area contributed by atoms with E-state index in [4.69, 9.17) is 4.98 Å². The fraction of sp³-hybridized carbons (Fsp3) is 0.357. The molecule has 2 N–H and O–H groups in total. The van der Waals surface area contributed by atoms with Crippen LogP contribution in [0.5, 0.6) is 0 Å². The molecule has 4 aromatic heterocycles. The standard InChI is InChI=1S/C28H27FN10O3/c1-37-24(40)13-39(28(37)42)21-6-16(15-2-3-15)11-38-12-18(35-26(21)38)10-31-22-8-23(33-14-32-22)36-27(41)20-7-19(20)25-30-5-4-17(9-29)34-25/h4-6,8,11-12,14-15,19-20H,2-3,7,9-10,13H2,1H3,(H2,31,32,33,36,41). The number of halogens is 1. The van der Waals surface area contributed by atoms with Crippen molar-refractivity contribution >= 4 is 40.8 Å². The van der Waals surface area contributed by atoms with Crippen LogP contribution in [0, 0.1) is 5.92 Å². The third kappa shape index (κ3) is 4.88. The number of alkyl halides is 1. The third-order valence-electron chi connectivity index (χ3n) is 7.82. The average Bonchev–Trinajstić information content (AvgIpc) is 3.93. The van der Waals surface area contributed by atoms with Gasteiger partial charge in [0.25, 0.3) is 0 Å². The van der Waals surface area contributed by atoms with Crippen molar-refractivity contribution in [1.82, 2.24) is 34.2 Å². The highest BCUT2D eigenvalue weighted by Crippen LogP contribution is 2.46. The van der Waals surface area contributed by atoms with Crippen molar-refractivity contribution in [3.8, 4) is 0 Å². The first-order valence-electron chi connectivity index (χ1n) is 13.7. The number of amides is 4. The number of likely N-dealkylation sites (N-methyl/N-ethyl adjacent to an activating group) is 1. The van der Waals surface area contributed by atoms with Crippen LogP contribution < -0.4 is 15.5 Å². The number of anilines is 3. The van der Waals surface area contributed by atoms with Gasteiger partial charge in [0.1, 0.15) is 37.0 Å².